The Balaban J connectivity index is 0.000000153. The maximum atomic E-state index is 9.60. The molecule has 2 unspecified atom stereocenters. The quantitative estimate of drug-likeness (QED) is 0.562. The monoisotopic (exact) mass is 233 g/mol. The lowest BCUT2D eigenvalue weighted by Gasteiger charge is -2.14. The molecule has 0 spiro atoms. The van der Waals surface area contributed by atoms with E-state index >= 15 is 0 Å². The third-order valence-corrected chi connectivity index (χ3v) is 3.56. The normalized spacial score (nSPS) is 32.4. The summed E-state index contributed by atoms with van der Waals surface area (Å²) in [6, 6.07) is 0.522. The van der Waals surface area contributed by atoms with Crippen molar-refractivity contribution in [2.75, 3.05) is 18.9 Å². The first-order valence-electron chi connectivity index (χ1n) is 5.09. The van der Waals surface area contributed by atoms with Gasteiger partial charge in [0, 0.05) is 12.3 Å². The van der Waals surface area contributed by atoms with E-state index < -0.39 is 0 Å². The Morgan fingerprint density at radius 3 is 2.47 bits per heavy atom. The highest BCUT2D eigenvalue weighted by molar-refractivity contribution is 8.00. The van der Waals surface area contributed by atoms with Gasteiger partial charge in [0.25, 0.3) is 6.47 Å². The number of carbonyl (C=O) groups excluding carboxylic acids is 1. The average molecular weight is 233 g/mol. The van der Waals surface area contributed by atoms with Gasteiger partial charge in [-0.15, -0.1) is 11.8 Å². The molecule has 2 aliphatic rings. The van der Waals surface area contributed by atoms with Crippen LogP contribution < -0.4 is 0 Å². The summed E-state index contributed by atoms with van der Waals surface area (Å²) in [7, 11) is 0. The van der Waals surface area contributed by atoms with E-state index in [1.807, 2.05) is 32.5 Å². The Morgan fingerprint density at radius 2 is 2.27 bits per heavy atom. The third-order valence-electron chi connectivity index (χ3n) is 2.22. The number of hydrogen-bond donors (Lipinski definition) is 1. The average Bonchev–Trinajstić information content (AvgIpc) is 2.55. The summed E-state index contributed by atoms with van der Waals surface area (Å²) in [5, 5.41) is 9.35. The molecule has 2 fully saturated rings. The second-order valence-electron chi connectivity index (χ2n) is 4.58. The molecule has 3 atom stereocenters. The lowest BCUT2D eigenvalue weighted by molar-refractivity contribution is -0.138. The minimum absolute atomic E-state index is 0.318. The number of hydrogen-bond acceptors (Lipinski definition) is 5. The van der Waals surface area contributed by atoms with Gasteiger partial charge in [0.05, 0.1) is 18.0 Å². The summed E-state index contributed by atoms with van der Waals surface area (Å²) >= 11 is 1.97. The van der Waals surface area contributed by atoms with Crippen LogP contribution in [0.15, 0.2) is 0 Å². The summed E-state index contributed by atoms with van der Waals surface area (Å²) in [5.74, 6) is 1.27. The fourth-order valence-electron chi connectivity index (χ4n) is 1.42. The molecule has 0 aromatic carbocycles. The van der Waals surface area contributed by atoms with Gasteiger partial charge in [-0.3, -0.25) is 9.69 Å². The van der Waals surface area contributed by atoms with Crippen LogP contribution in [0.4, 0.5) is 0 Å². The van der Waals surface area contributed by atoms with Gasteiger partial charge >= 0.3 is 0 Å². The zero-order valence-corrected chi connectivity index (χ0v) is 10.3. The van der Waals surface area contributed by atoms with Gasteiger partial charge in [-0.2, -0.15) is 0 Å². The highest BCUT2D eigenvalue weighted by Crippen LogP contribution is 2.42. The van der Waals surface area contributed by atoms with Crippen molar-refractivity contribution in [2.24, 2.45) is 0 Å². The van der Waals surface area contributed by atoms with Gasteiger partial charge in [0.2, 0.25) is 0 Å². The first-order chi connectivity index (χ1) is 6.99. The van der Waals surface area contributed by atoms with E-state index in [0.29, 0.717) is 24.5 Å². The molecule has 0 saturated carbocycles. The van der Waals surface area contributed by atoms with E-state index in [1.54, 1.807) is 0 Å². The van der Waals surface area contributed by atoms with E-state index in [-0.39, 0.29) is 5.60 Å². The SMILES string of the molecule is CC(C)(C)OC=O.OC[C@H]1C2SCCN21. The number of fused-ring (bicyclic) bond motifs is 1. The lowest BCUT2D eigenvalue weighted by Crippen LogP contribution is -2.17. The van der Waals surface area contributed by atoms with Crippen LogP contribution in [0.1, 0.15) is 20.8 Å². The number of aliphatic hydroxyl groups excluding tert-OH is 1. The number of thioether (sulfide) groups is 1. The lowest BCUT2D eigenvalue weighted by atomic mass is 10.2. The summed E-state index contributed by atoms with van der Waals surface area (Å²) in [4.78, 5) is 11.9. The van der Waals surface area contributed by atoms with E-state index in [4.69, 9.17) is 5.11 Å². The molecule has 2 rings (SSSR count). The Kier molecular flexibility index (Phi) is 4.43. The van der Waals surface area contributed by atoms with E-state index in [2.05, 4.69) is 9.64 Å². The minimum Gasteiger partial charge on any atom is -0.462 e. The Labute approximate surface area is 95.0 Å². The molecule has 0 aliphatic carbocycles. The maximum absolute atomic E-state index is 9.60. The van der Waals surface area contributed by atoms with Crippen LogP contribution in [0, 0.1) is 0 Å². The zero-order valence-electron chi connectivity index (χ0n) is 9.47. The third kappa shape index (κ3) is 4.01. The van der Waals surface area contributed by atoms with E-state index in [1.165, 1.54) is 12.3 Å². The topological polar surface area (TPSA) is 49.5 Å². The van der Waals surface area contributed by atoms with Crippen molar-refractivity contribution < 1.29 is 14.6 Å². The highest BCUT2D eigenvalue weighted by Gasteiger charge is 2.50. The van der Waals surface area contributed by atoms with Crippen LogP contribution in [0.5, 0.6) is 0 Å². The summed E-state index contributed by atoms with van der Waals surface area (Å²) in [6.45, 7) is 7.47. The summed E-state index contributed by atoms with van der Waals surface area (Å²) in [6.07, 6.45) is 0. The second kappa shape index (κ2) is 5.18. The molecule has 0 amide bonds. The number of ether oxygens (including phenoxy) is 1. The molecule has 0 bridgehead atoms. The molecular formula is C10H19NO3S. The number of aliphatic hydroxyl groups is 1. The van der Waals surface area contributed by atoms with Crippen LogP contribution in [-0.2, 0) is 9.53 Å². The van der Waals surface area contributed by atoms with Gasteiger partial charge in [0.15, 0.2) is 0 Å². The number of carbonyl (C=O) groups is 1. The van der Waals surface area contributed by atoms with Gasteiger partial charge in [-0.1, -0.05) is 0 Å². The fourth-order valence-corrected chi connectivity index (χ4v) is 2.83. The molecule has 5 heteroatoms. The molecule has 2 aliphatic heterocycles. The molecule has 2 heterocycles. The van der Waals surface area contributed by atoms with Crippen LogP contribution in [0.25, 0.3) is 0 Å². The summed E-state index contributed by atoms with van der Waals surface area (Å²) in [5.41, 5.74) is -0.318. The molecular weight excluding hydrogens is 214 g/mol. The van der Waals surface area contributed by atoms with E-state index in [9.17, 15) is 4.79 Å². The highest BCUT2D eigenvalue weighted by atomic mass is 32.2. The molecule has 2 saturated heterocycles. The molecule has 1 N–H and O–H groups in total. The van der Waals surface area contributed by atoms with E-state index in [0.717, 1.165) is 0 Å². The molecule has 15 heavy (non-hydrogen) atoms. The van der Waals surface area contributed by atoms with Crippen molar-refractivity contribution in [1.29, 1.82) is 0 Å². The number of rotatable bonds is 2. The van der Waals surface area contributed by atoms with Gasteiger partial charge in [-0.25, -0.2) is 0 Å². The minimum atomic E-state index is -0.318. The maximum Gasteiger partial charge on any atom is 0.293 e. The first-order valence-corrected chi connectivity index (χ1v) is 6.14. The largest absolute Gasteiger partial charge is 0.462 e. The van der Waals surface area contributed by atoms with Gasteiger partial charge in [-0.05, 0) is 20.8 Å². The standard InChI is InChI=1S/C5H9NOS.C5H10O2/c7-3-4-5-6(4)1-2-8-5;1-5(2,3)7-4-6/h4-5,7H,1-3H2;4H,1-3H3/t4-,5?,6?;/m0./s1. The molecule has 4 nitrogen and oxygen atoms in total. The van der Waals surface area contributed by atoms with Crippen molar-refractivity contribution in [3.8, 4) is 0 Å². The van der Waals surface area contributed by atoms with Crippen molar-refractivity contribution in [1.82, 2.24) is 4.90 Å². The van der Waals surface area contributed by atoms with Crippen molar-refractivity contribution in [2.45, 2.75) is 37.8 Å². The van der Waals surface area contributed by atoms with Crippen molar-refractivity contribution in [3.63, 3.8) is 0 Å². The molecule has 0 aromatic heterocycles. The van der Waals surface area contributed by atoms with Crippen LogP contribution in [-0.4, -0.2) is 52.4 Å². The van der Waals surface area contributed by atoms with Crippen LogP contribution in [0.3, 0.4) is 0 Å². The summed E-state index contributed by atoms with van der Waals surface area (Å²) < 4.78 is 4.55. The Bertz CT molecular complexity index is 200. The Hall–Kier alpha value is -0.260. The zero-order chi connectivity index (χ0) is 11.5. The smallest absolute Gasteiger partial charge is 0.293 e. The van der Waals surface area contributed by atoms with Crippen molar-refractivity contribution >= 4 is 18.2 Å². The molecule has 88 valence electrons. The second-order valence-corrected chi connectivity index (χ2v) is 5.80. The van der Waals surface area contributed by atoms with Crippen LogP contribution in [0.2, 0.25) is 0 Å². The Morgan fingerprint density at radius 1 is 1.60 bits per heavy atom. The van der Waals surface area contributed by atoms with Gasteiger partial charge < -0.3 is 9.84 Å². The van der Waals surface area contributed by atoms with Gasteiger partial charge in [0.1, 0.15) is 5.60 Å². The molecule has 0 radical (unpaired) electrons. The van der Waals surface area contributed by atoms with Crippen molar-refractivity contribution in [3.05, 3.63) is 0 Å². The predicted molar refractivity (Wildman–Crippen MR) is 60.7 cm³/mol. The fraction of sp³-hybridized carbons (Fsp3) is 0.900. The predicted octanol–water partition coefficient (Wildman–Crippen LogP) is 0.694. The number of nitrogens with zero attached hydrogens (tertiary/aromatic N) is 1. The van der Waals surface area contributed by atoms with Crippen LogP contribution >= 0.6 is 11.8 Å². The molecule has 0 aromatic rings. The first kappa shape index (κ1) is 12.8.